The molecular weight excluding hydrogens is 194 g/mol. The largest absolute Gasteiger partial charge is 0.327 e. The molecule has 0 saturated heterocycles. The van der Waals surface area contributed by atoms with Gasteiger partial charge in [-0.15, -0.1) is 0 Å². The van der Waals surface area contributed by atoms with Crippen molar-refractivity contribution in [1.29, 1.82) is 0 Å². The van der Waals surface area contributed by atoms with Crippen LogP contribution >= 0.6 is 0 Å². The number of benzene rings is 1. The molecule has 0 radical (unpaired) electrons. The summed E-state index contributed by atoms with van der Waals surface area (Å²) in [5.41, 5.74) is 8.01. The fourth-order valence-electron chi connectivity index (χ4n) is 3.40. The Kier molecular flexibility index (Phi) is 2.83. The highest BCUT2D eigenvalue weighted by atomic mass is 14.8. The summed E-state index contributed by atoms with van der Waals surface area (Å²) < 4.78 is 0. The lowest BCUT2D eigenvalue weighted by Crippen LogP contribution is -2.62. The zero-order valence-corrected chi connectivity index (χ0v) is 10.8. The number of hydrogen-bond donors (Lipinski definition) is 1. The maximum Gasteiger partial charge on any atom is 0.0133 e. The minimum absolute atomic E-state index is 0.232. The van der Waals surface area contributed by atoms with E-state index in [1.807, 2.05) is 0 Å². The maximum atomic E-state index is 6.33. The average Bonchev–Trinajstić information content (AvgIpc) is 2.25. The van der Waals surface area contributed by atoms with E-state index in [0.717, 1.165) is 0 Å². The third-order valence-corrected chi connectivity index (χ3v) is 4.39. The van der Waals surface area contributed by atoms with Crippen LogP contribution in [0, 0.1) is 17.3 Å². The Hall–Kier alpha value is -0.820. The van der Waals surface area contributed by atoms with Crippen molar-refractivity contribution in [1.82, 2.24) is 0 Å². The standard InChI is InChI=1S/C15H23N/c1-10(2)12-13(15(3,4)14(12)16)11-8-6-5-7-9-11/h5-10,12-14H,16H2,1-4H3. The summed E-state index contributed by atoms with van der Waals surface area (Å²) in [6, 6.07) is 11.2. The first kappa shape index (κ1) is 11.7. The topological polar surface area (TPSA) is 26.0 Å². The van der Waals surface area contributed by atoms with E-state index in [9.17, 15) is 0 Å². The first-order valence-electron chi connectivity index (χ1n) is 6.26. The highest BCUT2D eigenvalue weighted by Crippen LogP contribution is 2.58. The van der Waals surface area contributed by atoms with Crippen molar-refractivity contribution in [3.63, 3.8) is 0 Å². The molecule has 1 aromatic rings. The minimum Gasteiger partial charge on any atom is -0.327 e. The molecule has 1 aliphatic rings. The minimum atomic E-state index is 0.232. The summed E-state index contributed by atoms with van der Waals surface area (Å²) in [5.74, 6) is 1.90. The summed E-state index contributed by atoms with van der Waals surface area (Å²) in [6.07, 6.45) is 0. The summed E-state index contributed by atoms with van der Waals surface area (Å²) >= 11 is 0. The van der Waals surface area contributed by atoms with Crippen LogP contribution in [0.2, 0.25) is 0 Å². The normalized spacial score (nSPS) is 32.5. The second-order valence-corrected chi connectivity index (χ2v) is 6.06. The second kappa shape index (κ2) is 3.89. The van der Waals surface area contributed by atoms with Crippen molar-refractivity contribution in [2.75, 3.05) is 0 Å². The summed E-state index contributed by atoms with van der Waals surface area (Å²) in [5, 5.41) is 0. The van der Waals surface area contributed by atoms with E-state index in [-0.39, 0.29) is 5.41 Å². The van der Waals surface area contributed by atoms with Gasteiger partial charge >= 0.3 is 0 Å². The van der Waals surface area contributed by atoms with E-state index in [0.29, 0.717) is 23.8 Å². The van der Waals surface area contributed by atoms with E-state index < -0.39 is 0 Å². The molecule has 0 aliphatic heterocycles. The van der Waals surface area contributed by atoms with Crippen molar-refractivity contribution in [3.8, 4) is 0 Å². The van der Waals surface area contributed by atoms with E-state index in [4.69, 9.17) is 5.73 Å². The molecular formula is C15H23N. The van der Waals surface area contributed by atoms with Gasteiger partial charge in [0.25, 0.3) is 0 Å². The molecule has 3 unspecified atom stereocenters. The van der Waals surface area contributed by atoms with Crippen LogP contribution in [-0.2, 0) is 0 Å². The Labute approximate surface area is 99.0 Å². The maximum absolute atomic E-state index is 6.33. The van der Waals surface area contributed by atoms with Crippen LogP contribution in [0.4, 0.5) is 0 Å². The molecule has 0 bridgehead atoms. The van der Waals surface area contributed by atoms with Crippen molar-refractivity contribution < 1.29 is 0 Å². The van der Waals surface area contributed by atoms with Crippen LogP contribution in [0.5, 0.6) is 0 Å². The van der Waals surface area contributed by atoms with Crippen LogP contribution in [0.25, 0.3) is 0 Å². The van der Waals surface area contributed by atoms with Gasteiger partial charge in [-0.2, -0.15) is 0 Å². The molecule has 3 atom stereocenters. The molecule has 2 N–H and O–H groups in total. The van der Waals surface area contributed by atoms with Gasteiger partial charge in [0, 0.05) is 6.04 Å². The molecule has 16 heavy (non-hydrogen) atoms. The fourth-order valence-corrected chi connectivity index (χ4v) is 3.40. The molecule has 1 heteroatoms. The molecule has 88 valence electrons. The second-order valence-electron chi connectivity index (χ2n) is 6.06. The smallest absolute Gasteiger partial charge is 0.0133 e. The molecule has 1 saturated carbocycles. The molecule has 0 spiro atoms. The predicted molar refractivity (Wildman–Crippen MR) is 69.3 cm³/mol. The van der Waals surface area contributed by atoms with Gasteiger partial charge in [-0.05, 0) is 28.7 Å². The molecule has 1 fully saturated rings. The first-order valence-corrected chi connectivity index (χ1v) is 6.26. The Balaban J connectivity index is 2.32. The molecule has 1 aliphatic carbocycles. The average molecular weight is 217 g/mol. The number of hydrogen-bond acceptors (Lipinski definition) is 1. The highest BCUT2D eigenvalue weighted by molar-refractivity contribution is 5.29. The van der Waals surface area contributed by atoms with E-state index in [1.54, 1.807) is 0 Å². The Bertz CT molecular complexity index is 353. The van der Waals surface area contributed by atoms with Gasteiger partial charge in [0.05, 0.1) is 0 Å². The van der Waals surface area contributed by atoms with Gasteiger partial charge in [0.2, 0.25) is 0 Å². The predicted octanol–water partition coefficient (Wildman–Crippen LogP) is 3.41. The van der Waals surface area contributed by atoms with E-state index in [1.165, 1.54) is 5.56 Å². The summed E-state index contributed by atoms with van der Waals surface area (Å²) in [7, 11) is 0. The highest BCUT2D eigenvalue weighted by Gasteiger charge is 2.55. The van der Waals surface area contributed by atoms with Crippen LogP contribution in [0.15, 0.2) is 30.3 Å². The molecule has 1 aromatic carbocycles. The zero-order chi connectivity index (χ0) is 11.9. The lowest BCUT2D eigenvalue weighted by atomic mass is 9.47. The SMILES string of the molecule is CC(C)C1C(N)C(C)(C)C1c1ccccc1. The first-order chi connectivity index (χ1) is 7.46. The van der Waals surface area contributed by atoms with Crippen molar-refractivity contribution in [3.05, 3.63) is 35.9 Å². The van der Waals surface area contributed by atoms with Gasteiger partial charge in [0.15, 0.2) is 0 Å². The van der Waals surface area contributed by atoms with Gasteiger partial charge < -0.3 is 5.73 Å². The quantitative estimate of drug-likeness (QED) is 0.807. The Morgan fingerprint density at radius 1 is 1.12 bits per heavy atom. The monoisotopic (exact) mass is 217 g/mol. The Morgan fingerprint density at radius 2 is 1.69 bits per heavy atom. The summed E-state index contributed by atoms with van der Waals surface area (Å²) in [4.78, 5) is 0. The number of rotatable bonds is 2. The van der Waals surface area contributed by atoms with E-state index in [2.05, 4.69) is 58.0 Å². The van der Waals surface area contributed by atoms with Crippen molar-refractivity contribution >= 4 is 0 Å². The van der Waals surface area contributed by atoms with Crippen molar-refractivity contribution in [2.24, 2.45) is 23.0 Å². The van der Waals surface area contributed by atoms with Gasteiger partial charge in [-0.1, -0.05) is 58.0 Å². The molecule has 2 rings (SSSR count). The van der Waals surface area contributed by atoms with Crippen molar-refractivity contribution in [2.45, 2.75) is 39.7 Å². The molecule has 1 nitrogen and oxygen atoms in total. The van der Waals surface area contributed by atoms with Gasteiger partial charge in [-0.3, -0.25) is 0 Å². The van der Waals surface area contributed by atoms with Crippen LogP contribution in [-0.4, -0.2) is 6.04 Å². The van der Waals surface area contributed by atoms with Crippen LogP contribution < -0.4 is 5.73 Å². The van der Waals surface area contributed by atoms with Crippen LogP contribution in [0.3, 0.4) is 0 Å². The fraction of sp³-hybridized carbons (Fsp3) is 0.600. The molecule has 0 heterocycles. The van der Waals surface area contributed by atoms with Gasteiger partial charge in [0.1, 0.15) is 0 Å². The van der Waals surface area contributed by atoms with Crippen LogP contribution in [0.1, 0.15) is 39.2 Å². The Morgan fingerprint density at radius 3 is 2.19 bits per heavy atom. The third-order valence-electron chi connectivity index (χ3n) is 4.39. The molecule has 0 aromatic heterocycles. The third kappa shape index (κ3) is 1.58. The van der Waals surface area contributed by atoms with Gasteiger partial charge in [-0.25, -0.2) is 0 Å². The lowest BCUT2D eigenvalue weighted by Gasteiger charge is -2.59. The lowest BCUT2D eigenvalue weighted by molar-refractivity contribution is -0.0148. The number of nitrogens with two attached hydrogens (primary N) is 1. The van der Waals surface area contributed by atoms with E-state index >= 15 is 0 Å². The summed E-state index contributed by atoms with van der Waals surface area (Å²) in [6.45, 7) is 9.17. The molecule has 0 amide bonds. The zero-order valence-electron chi connectivity index (χ0n) is 10.8.